The van der Waals surface area contributed by atoms with Gasteiger partial charge in [-0.2, -0.15) is 0 Å². The molecule has 3 nitrogen and oxygen atoms in total. The number of fused-ring (bicyclic) bond motifs is 1. The largest absolute Gasteiger partial charge is 0.462 e. The summed E-state index contributed by atoms with van der Waals surface area (Å²) in [7, 11) is 0. The van der Waals surface area contributed by atoms with Crippen molar-refractivity contribution < 1.29 is 9.53 Å². The minimum Gasteiger partial charge on any atom is -0.462 e. The van der Waals surface area contributed by atoms with Crippen LogP contribution < -0.4 is 0 Å². The van der Waals surface area contributed by atoms with E-state index in [4.69, 9.17) is 4.74 Å². The Morgan fingerprint density at radius 1 is 0.743 bits per heavy atom. The van der Waals surface area contributed by atoms with Crippen LogP contribution in [-0.4, -0.2) is 37.1 Å². The quantitative estimate of drug-likeness (QED) is 0.140. The van der Waals surface area contributed by atoms with E-state index in [2.05, 4.69) is 32.3 Å². The minimum absolute atomic E-state index is 0.203. The van der Waals surface area contributed by atoms with Crippen LogP contribution in [0.3, 0.4) is 0 Å². The van der Waals surface area contributed by atoms with Crippen LogP contribution in [0.5, 0.6) is 0 Å². The smallest absolute Gasteiger partial charge is 0.334 e. The van der Waals surface area contributed by atoms with Gasteiger partial charge in [0.25, 0.3) is 0 Å². The summed E-state index contributed by atoms with van der Waals surface area (Å²) >= 11 is 0. The lowest BCUT2D eigenvalue weighted by atomic mass is 9.60. The van der Waals surface area contributed by atoms with Crippen LogP contribution in [0.1, 0.15) is 124 Å². The standard InChI is InChI=1S/C32H57NO2/c1-5-8-9-11-27-15-18-31-23-30(20-19-29(31)22-27)28-16-13-26(14-17-28)12-10-21-35-32(34)25(4)24-33(6-2)7-3/h26-31H,4-24H2,1-3H3/t26?,27?,28?,29-,30?,31?/m0/s1. The molecule has 0 spiro atoms. The van der Waals surface area contributed by atoms with Crippen LogP contribution in [0.4, 0.5) is 0 Å². The van der Waals surface area contributed by atoms with E-state index in [0.29, 0.717) is 18.7 Å². The Bertz CT molecular complexity index is 619. The lowest BCUT2D eigenvalue weighted by Crippen LogP contribution is -2.34. The molecule has 0 aromatic carbocycles. The minimum atomic E-state index is -0.203. The van der Waals surface area contributed by atoms with E-state index in [1.807, 2.05) is 0 Å². The molecule has 3 aliphatic carbocycles. The van der Waals surface area contributed by atoms with Crippen LogP contribution in [0.25, 0.3) is 0 Å². The van der Waals surface area contributed by atoms with Gasteiger partial charge in [-0.3, -0.25) is 4.90 Å². The van der Waals surface area contributed by atoms with Crippen molar-refractivity contribution in [3.8, 4) is 0 Å². The maximum absolute atomic E-state index is 12.2. The third kappa shape index (κ3) is 9.20. The molecule has 35 heavy (non-hydrogen) atoms. The van der Waals surface area contributed by atoms with Crippen LogP contribution in [-0.2, 0) is 9.53 Å². The first-order valence-corrected chi connectivity index (χ1v) is 15.6. The maximum atomic E-state index is 12.2. The van der Waals surface area contributed by atoms with Crippen LogP contribution in [0.2, 0.25) is 0 Å². The lowest BCUT2D eigenvalue weighted by Gasteiger charge is -2.45. The predicted molar refractivity (Wildman–Crippen MR) is 148 cm³/mol. The molecule has 3 rings (SSSR count). The van der Waals surface area contributed by atoms with Gasteiger partial charge in [-0.25, -0.2) is 4.79 Å². The third-order valence-electron chi connectivity index (χ3n) is 10.1. The SMILES string of the molecule is C=C(CN(CC)CC)C(=O)OCCCC1CCC(C2CC[C@H]3CC(CCCCC)CCC3C2)CC1. The highest BCUT2D eigenvalue weighted by atomic mass is 16.5. The van der Waals surface area contributed by atoms with Crippen LogP contribution in [0, 0.1) is 35.5 Å². The zero-order valence-electron chi connectivity index (χ0n) is 23.6. The fourth-order valence-corrected chi connectivity index (χ4v) is 7.76. The second kappa shape index (κ2) is 15.4. The van der Waals surface area contributed by atoms with Crippen molar-refractivity contribution in [1.29, 1.82) is 0 Å². The Hall–Kier alpha value is -0.830. The zero-order valence-corrected chi connectivity index (χ0v) is 23.6. The third-order valence-corrected chi connectivity index (χ3v) is 10.1. The van der Waals surface area contributed by atoms with E-state index in [0.717, 1.165) is 55.0 Å². The summed E-state index contributed by atoms with van der Waals surface area (Å²) in [6.45, 7) is 13.6. The maximum Gasteiger partial charge on any atom is 0.334 e. The van der Waals surface area contributed by atoms with E-state index in [-0.39, 0.29) is 5.97 Å². The van der Waals surface area contributed by atoms with Gasteiger partial charge in [0.2, 0.25) is 0 Å². The van der Waals surface area contributed by atoms with Gasteiger partial charge in [-0.1, -0.05) is 72.3 Å². The molecule has 0 heterocycles. The number of likely N-dealkylation sites (N-methyl/N-ethyl adjacent to an activating group) is 1. The summed E-state index contributed by atoms with van der Waals surface area (Å²) in [6.07, 6.45) is 22.9. The summed E-state index contributed by atoms with van der Waals surface area (Å²) in [4.78, 5) is 14.4. The molecule has 3 unspecified atom stereocenters. The molecule has 3 saturated carbocycles. The van der Waals surface area contributed by atoms with E-state index in [9.17, 15) is 4.79 Å². The number of hydrogen-bond donors (Lipinski definition) is 0. The van der Waals surface area contributed by atoms with Crippen molar-refractivity contribution in [3.63, 3.8) is 0 Å². The van der Waals surface area contributed by atoms with E-state index in [1.165, 1.54) is 83.5 Å². The van der Waals surface area contributed by atoms with Crippen molar-refractivity contribution >= 4 is 5.97 Å². The lowest BCUT2D eigenvalue weighted by molar-refractivity contribution is -0.139. The fraction of sp³-hybridized carbons (Fsp3) is 0.906. The van der Waals surface area contributed by atoms with E-state index in [1.54, 1.807) is 12.8 Å². The number of nitrogens with zero attached hydrogens (tertiary/aromatic N) is 1. The van der Waals surface area contributed by atoms with Gasteiger partial charge in [0.15, 0.2) is 0 Å². The number of esters is 1. The van der Waals surface area contributed by atoms with Gasteiger partial charge in [-0.05, 0) is 106 Å². The summed E-state index contributed by atoms with van der Waals surface area (Å²) in [5, 5.41) is 0. The Labute approximate surface area is 217 Å². The fourth-order valence-electron chi connectivity index (χ4n) is 7.76. The normalized spacial score (nSPS) is 31.2. The molecule has 0 bridgehead atoms. The number of carbonyl (C=O) groups excluding carboxylic acids is 1. The number of carbonyl (C=O) groups is 1. The van der Waals surface area contributed by atoms with Gasteiger partial charge in [-0.15, -0.1) is 0 Å². The Morgan fingerprint density at radius 3 is 2.00 bits per heavy atom. The molecule has 0 radical (unpaired) electrons. The van der Waals surface area contributed by atoms with Gasteiger partial charge in [0, 0.05) is 12.1 Å². The molecule has 0 aromatic rings. The number of rotatable bonds is 14. The van der Waals surface area contributed by atoms with E-state index >= 15 is 0 Å². The monoisotopic (exact) mass is 487 g/mol. The summed E-state index contributed by atoms with van der Waals surface area (Å²) in [5.74, 6) is 5.83. The van der Waals surface area contributed by atoms with Crippen molar-refractivity contribution in [1.82, 2.24) is 4.90 Å². The first kappa shape index (κ1) is 28.7. The molecule has 0 saturated heterocycles. The summed E-state index contributed by atoms with van der Waals surface area (Å²) in [5.41, 5.74) is 0.592. The Balaban J connectivity index is 1.27. The molecular formula is C32H57NO2. The number of unbranched alkanes of at least 4 members (excludes halogenated alkanes) is 2. The molecule has 0 aliphatic heterocycles. The Morgan fingerprint density at radius 2 is 1.31 bits per heavy atom. The molecule has 4 atom stereocenters. The first-order valence-electron chi connectivity index (χ1n) is 15.6. The van der Waals surface area contributed by atoms with Crippen LogP contribution >= 0.6 is 0 Å². The van der Waals surface area contributed by atoms with Crippen molar-refractivity contribution in [2.45, 2.75) is 124 Å². The molecule has 3 heteroatoms. The summed E-state index contributed by atoms with van der Waals surface area (Å²) < 4.78 is 5.52. The highest BCUT2D eigenvalue weighted by molar-refractivity contribution is 5.88. The molecule has 202 valence electrons. The number of ether oxygens (including phenoxy) is 1. The average Bonchev–Trinajstić information content (AvgIpc) is 2.89. The average molecular weight is 488 g/mol. The highest BCUT2D eigenvalue weighted by Crippen LogP contribution is 2.49. The second-order valence-corrected chi connectivity index (χ2v) is 12.4. The topological polar surface area (TPSA) is 29.5 Å². The predicted octanol–water partition coefficient (Wildman–Crippen LogP) is 8.43. The van der Waals surface area contributed by atoms with Gasteiger partial charge >= 0.3 is 5.97 Å². The second-order valence-electron chi connectivity index (χ2n) is 12.4. The highest BCUT2D eigenvalue weighted by Gasteiger charge is 2.38. The van der Waals surface area contributed by atoms with Crippen molar-refractivity contribution in [3.05, 3.63) is 12.2 Å². The molecule has 3 aliphatic rings. The van der Waals surface area contributed by atoms with Gasteiger partial charge in [0.1, 0.15) is 0 Å². The van der Waals surface area contributed by atoms with Gasteiger partial charge < -0.3 is 4.74 Å². The molecule has 0 N–H and O–H groups in total. The zero-order chi connectivity index (χ0) is 25.0. The molecule has 0 amide bonds. The Kier molecular flexibility index (Phi) is 12.7. The molecule has 3 fully saturated rings. The summed E-state index contributed by atoms with van der Waals surface area (Å²) in [6, 6.07) is 0. The number of hydrogen-bond acceptors (Lipinski definition) is 3. The van der Waals surface area contributed by atoms with Crippen molar-refractivity contribution in [2.24, 2.45) is 35.5 Å². The van der Waals surface area contributed by atoms with Gasteiger partial charge in [0.05, 0.1) is 6.61 Å². The van der Waals surface area contributed by atoms with E-state index < -0.39 is 0 Å². The molecular weight excluding hydrogens is 430 g/mol. The van der Waals surface area contributed by atoms with Crippen LogP contribution in [0.15, 0.2) is 12.2 Å². The van der Waals surface area contributed by atoms with Crippen molar-refractivity contribution in [2.75, 3.05) is 26.2 Å². The first-order chi connectivity index (χ1) is 17.0. The molecule has 0 aromatic heterocycles.